The van der Waals surface area contributed by atoms with Gasteiger partial charge in [-0.2, -0.15) is 26.3 Å². The molecule has 3 nitrogen and oxygen atoms in total. The molecule has 0 saturated heterocycles. The van der Waals surface area contributed by atoms with E-state index in [1.807, 2.05) is 5.32 Å². The number of nitrogens with zero attached hydrogens (tertiary/aromatic N) is 2. The first kappa shape index (κ1) is 12.9. The second kappa shape index (κ2) is 3.72. The van der Waals surface area contributed by atoms with Crippen LogP contribution >= 0.6 is 0 Å². The van der Waals surface area contributed by atoms with Crippen LogP contribution in [0.3, 0.4) is 0 Å². The molecule has 1 aromatic heterocycles. The van der Waals surface area contributed by atoms with Crippen LogP contribution in [0.1, 0.15) is 18.5 Å². The van der Waals surface area contributed by atoms with Gasteiger partial charge in [-0.1, -0.05) is 0 Å². The predicted octanol–water partition coefficient (Wildman–Crippen LogP) is 3.00. The van der Waals surface area contributed by atoms with Crippen LogP contribution in [-0.2, 0) is 6.18 Å². The maximum atomic E-state index is 12.6. The van der Waals surface area contributed by atoms with Crippen molar-refractivity contribution in [3.8, 4) is 0 Å². The summed E-state index contributed by atoms with van der Waals surface area (Å²) in [5.41, 5.74) is -3.46. The van der Waals surface area contributed by atoms with E-state index in [2.05, 4.69) is 9.97 Å². The third-order valence-electron chi connectivity index (χ3n) is 2.59. The Balaban J connectivity index is 2.21. The lowest BCUT2D eigenvalue weighted by molar-refractivity contribution is -0.151. The molecule has 1 heterocycles. The van der Waals surface area contributed by atoms with E-state index in [9.17, 15) is 26.3 Å². The molecule has 1 N–H and O–H groups in total. The van der Waals surface area contributed by atoms with Crippen LogP contribution in [0.25, 0.3) is 0 Å². The highest BCUT2D eigenvalue weighted by atomic mass is 19.4. The summed E-state index contributed by atoms with van der Waals surface area (Å²) < 4.78 is 74.7. The summed E-state index contributed by atoms with van der Waals surface area (Å²) in [6, 6.07) is 0.596. The molecule has 18 heavy (non-hydrogen) atoms. The molecule has 0 atom stereocenters. The zero-order chi connectivity index (χ0) is 13.6. The van der Waals surface area contributed by atoms with E-state index in [4.69, 9.17) is 0 Å². The smallest absolute Gasteiger partial charge is 0.340 e. The van der Waals surface area contributed by atoms with Crippen LogP contribution in [0.5, 0.6) is 0 Å². The Hall–Kier alpha value is -1.54. The van der Waals surface area contributed by atoms with E-state index in [1.54, 1.807) is 0 Å². The zero-order valence-electron chi connectivity index (χ0n) is 8.73. The lowest BCUT2D eigenvalue weighted by Gasteiger charge is -2.20. The normalized spacial score (nSPS) is 18.6. The molecule has 0 aromatic carbocycles. The van der Waals surface area contributed by atoms with Crippen molar-refractivity contribution < 1.29 is 26.3 Å². The van der Waals surface area contributed by atoms with Gasteiger partial charge < -0.3 is 5.32 Å². The molecule has 1 aliphatic carbocycles. The van der Waals surface area contributed by atoms with Crippen LogP contribution in [0.2, 0.25) is 0 Å². The Kier molecular flexibility index (Phi) is 2.67. The van der Waals surface area contributed by atoms with Gasteiger partial charge in [-0.3, -0.25) is 0 Å². The maximum absolute atomic E-state index is 12.6. The van der Waals surface area contributed by atoms with Crippen molar-refractivity contribution in [3.05, 3.63) is 18.0 Å². The quantitative estimate of drug-likeness (QED) is 0.840. The molecule has 9 heteroatoms. The zero-order valence-corrected chi connectivity index (χ0v) is 8.73. The summed E-state index contributed by atoms with van der Waals surface area (Å²) in [7, 11) is 0. The number of anilines is 1. The van der Waals surface area contributed by atoms with E-state index in [1.165, 1.54) is 0 Å². The van der Waals surface area contributed by atoms with Crippen molar-refractivity contribution >= 4 is 5.95 Å². The highest BCUT2D eigenvalue weighted by Crippen LogP contribution is 2.50. The summed E-state index contributed by atoms with van der Waals surface area (Å²) in [6.07, 6.45) is -8.88. The van der Waals surface area contributed by atoms with Gasteiger partial charge in [0, 0.05) is 6.20 Å². The minimum Gasteiger partial charge on any atom is -0.340 e. The van der Waals surface area contributed by atoms with Gasteiger partial charge >= 0.3 is 12.4 Å². The SMILES string of the molecule is FC(F)(F)c1ccnc(NC2(C(F)(F)F)CC2)n1. The Morgan fingerprint density at radius 2 is 1.72 bits per heavy atom. The van der Waals surface area contributed by atoms with Crippen LogP contribution in [0.15, 0.2) is 12.3 Å². The van der Waals surface area contributed by atoms with Gasteiger partial charge in [-0.15, -0.1) is 0 Å². The minimum atomic E-state index is -4.71. The lowest BCUT2D eigenvalue weighted by Crippen LogP contribution is -2.39. The van der Waals surface area contributed by atoms with E-state index in [0.717, 1.165) is 6.20 Å². The highest BCUT2D eigenvalue weighted by molar-refractivity contribution is 5.36. The van der Waals surface area contributed by atoms with E-state index < -0.39 is 29.5 Å². The topological polar surface area (TPSA) is 37.8 Å². The standard InChI is InChI=1S/C9H7F6N3/c10-8(11,12)5-1-4-16-6(17-5)18-7(2-3-7)9(13,14)15/h1,4H,2-3H2,(H,16,17,18). The average Bonchev–Trinajstić information content (AvgIpc) is 2.97. The highest BCUT2D eigenvalue weighted by Gasteiger charge is 2.64. The molecule has 0 unspecified atom stereocenters. The van der Waals surface area contributed by atoms with Gasteiger partial charge in [0.25, 0.3) is 0 Å². The lowest BCUT2D eigenvalue weighted by atomic mass is 10.2. The van der Waals surface area contributed by atoms with E-state index in [0.29, 0.717) is 6.07 Å². The summed E-state index contributed by atoms with van der Waals surface area (Å²) in [6.45, 7) is 0. The molecular weight excluding hydrogens is 264 g/mol. The summed E-state index contributed by atoms with van der Waals surface area (Å²) in [5.74, 6) is -0.667. The fourth-order valence-electron chi connectivity index (χ4n) is 1.40. The van der Waals surface area contributed by atoms with Crippen molar-refractivity contribution in [1.82, 2.24) is 9.97 Å². The summed E-state index contributed by atoms with van der Waals surface area (Å²) in [5, 5.41) is 1.93. The number of nitrogens with one attached hydrogen (secondary N) is 1. The third kappa shape index (κ3) is 2.34. The molecule has 1 saturated carbocycles. The first-order valence-electron chi connectivity index (χ1n) is 4.89. The van der Waals surface area contributed by atoms with Crippen molar-refractivity contribution in [2.75, 3.05) is 5.32 Å². The van der Waals surface area contributed by atoms with E-state index >= 15 is 0 Å². The number of hydrogen-bond acceptors (Lipinski definition) is 3. The van der Waals surface area contributed by atoms with Crippen LogP contribution in [0.4, 0.5) is 32.3 Å². The fourth-order valence-corrected chi connectivity index (χ4v) is 1.40. The van der Waals surface area contributed by atoms with E-state index in [-0.39, 0.29) is 12.8 Å². The summed E-state index contributed by atoms with van der Waals surface area (Å²) >= 11 is 0. The fraction of sp³-hybridized carbons (Fsp3) is 0.556. The maximum Gasteiger partial charge on any atom is 0.433 e. The molecule has 0 amide bonds. The Labute approximate surface area is 97.2 Å². The molecular formula is C9H7F6N3. The molecule has 1 aliphatic rings. The van der Waals surface area contributed by atoms with Crippen LogP contribution < -0.4 is 5.32 Å². The molecule has 1 aromatic rings. The van der Waals surface area contributed by atoms with Crippen molar-refractivity contribution in [3.63, 3.8) is 0 Å². The van der Waals surface area contributed by atoms with Gasteiger partial charge in [-0.25, -0.2) is 9.97 Å². The average molecular weight is 271 g/mol. The first-order chi connectivity index (χ1) is 8.14. The van der Waals surface area contributed by atoms with Gasteiger partial charge in [0.2, 0.25) is 5.95 Å². The minimum absolute atomic E-state index is 0.198. The number of aromatic nitrogens is 2. The van der Waals surface area contributed by atoms with Gasteiger partial charge in [-0.05, 0) is 18.9 Å². The number of alkyl halides is 6. The second-order valence-electron chi connectivity index (χ2n) is 3.97. The second-order valence-corrected chi connectivity index (χ2v) is 3.97. The van der Waals surface area contributed by atoms with Crippen molar-refractivity contribution in [2.24, 2.45) is 0 Å². The summed E-state index contributed by atoms with van der Waals surface area (Å²) in [4.78, 5) is 6.40. The molecule has 0 radical (unpaired) electrons. The predicted molar refractivity (Wildman–Crippen MR) is 48.7 cm³/mol. The molecule has 2 rings (SSSR count). The monoisotopic (exact) mass is 271 g/mol. The van der Waals surface area contributed by atoms with Crippen LogP contribution in [0, 0.1) is 0 Å². The van der Waals surface area contributed by atoms with Gasteiger partial charge in [0.1, 0.15) is 11.2 Å². The Bertz CT molecular complexity index is 448. The molecule has 0 aliphatic heterocycles. The van der Waals surface area contributed by atoms with Crippen molar-refractivity contribution in [2.45, 2.75) is 30.7 Å². The Morgan fingerprint density at radius 1 is 1.11 bits per heavy atom. The third-order valence-corrected chi connectivity index (χ3v) is 2.59. The van der Waals surface area contributed by atoms with Crippen LogP contribution in [-0.4, -0.2) is 21.7 Å². The van der Waals surface area contributed by atoms with Gasteiger partial charge in [0.15, 0.2) is 0 Å². The number of halogens is 6. The molecule has 0 bridgehead atoms. The van der Waals surface area contributed by atoms with Gasteiger partial charge in [0.05, 0.1) is 0 Å². The van der Waals surface area contributed by atoms with Crippen molar-refractivity contribution in [1.29, 1.82) is 0 Å². The Morgan fingerprint density at radius 3 is 2.17 bits per heavy atom. The number of rotatable bonds is 2. The molecule has 100 valence electrons. The molecule has 0 spiro atoms. The first-order valence-corrected chi connectivity index (χ1v) is 4.89. The number of hydrogen-bond donors (Lipinski definition) is 1. The largest absolute Gasteiger partial charge is 0.433 e. The molecule has 1 fully saturated rings.